The molecule has 0 radical (unpaired) electrons. The Morgan fingerprint density at radius 3 is 2.55 bits per heavy atom. The maximum absolute atomic E-state index is 5.85. The van der Waals surface area contributed by atoms with Gasteiger partial charge in [-0.05, 0) is 34.6 Å². The van der Waals surface area contributed by atoms with Gasteiger partial charge in [-0.15, -0.1) is 11.8 Å². The van der Waals surface area contributed by atoms with Crippen LogP contribution in [0.3, 0.4) is 0 Å². The molecule has 0 aromatic rings. The Balaban J connectivity index is 2.39. The molecule has 0 aromatic heterocycles. The predicted molar refractivity (Wildman–Crippen MR) is 87.3 cm³/mol. The topological polar surface area (TPSA) is 36.9 Å². The molecule has 2 unspecified atom stereocenters. The molecule has 1 heterocycles. The van der Waals surface area contributed by atoms with Gasteiger partial charge in [0.25, 0.3) is 0 Å². The molecule has 0 aromatic carbocycles. The van der Waals surface area contributed by atoms with E-state index in [0.717, 1.165) is 12.8 Å². The van der Waals surface area contributed by atoms with Crippen molar-refractivity contribution < 1.29 is 18.9 Å². The normalized spacial score (nSPS) is 19.1. The highest BCUT2D eigenvalue weighted by molar-refractivity contribution is 5.07. The summed E-state index contributed by atoms with van der Waals surface area (Å²) >= 11 is 0. The summed E-state index contributed by atoms with van der Waals surface area (Å²) in [6.45, 7) is 12.0. The molecular weight excluding hydrogens is 280 g/mol. The molecule has 4 nitrogen and oxygen atoms in total. The minimum atomic E-state index is -0.450. The van der Waals surface area contributed by atoms with Gasteiger partial charge in [0.15, 0.2) is 12.1 Å². The van der Waals surface area contributed by atoms with Crippen molar-refractivity contribution in [2.24, 2.45) is 0 Å². The van der Waals surface area contributed by atoms with Crippen molar-refractivity contribution in [3.05, 3.63) is 11.6 Å². The number of ether oxygens (including phenoxy) is 4. The van der Waals surface area contributed by atoms with Gasteiger partial charge in [-0.1, -0.05) is 11.6 Å². The lowest BCUT2D eigenvalue weighted by Crippen LogP contribution is -2.24. The van der Waals surface area contributed by atoms with Crippen LogP contribution < -0.4 is 0 Å². The molecule has 0 amide bonds. The van der Waals surface area contributed by atoms with Crippen molar-refractivity contribution in [1.82, 2.24) is 0 Å². The molecule has 0 bridgehead atoms. The van der Waals surface area contributed by atoms with E-state index < -0.39 is 5.79 Å². The number of hydrogen-bond donors (Lipinski definition) is 0. The zero-order valence-corrected chi connectivity index (χ0v) is 14.6. The molecule has 0 N–H and O–H groups in total. The molecular formula is C18H30O4. The van der Waals surface area contributed by atoms with Gasteiger partial charge in [0.05, 0.1) is 19.3 Å². The summed E-state index contributed by atoms with van der Waals surface area (Å²) in [6.07, 6.45) is 4.07. The van der Waals surface area contributed by atoms with E-state index in [4.69, 9.17) is 18.9 Å². The third-order valence-corrected chi connectivity index (χ3v) is 3.32. The number of allylic oxidation sites excluding steroid dienone is 1. The highest BCUT2D eigenvalue weighted by atomic mass is 16.7. The Labute approximate surface area is 135 Å². The summed E-state index contributed by atoms with van der Waals surface area (Å²) in [7, 11) is 0. The number of rotatable bonds is 8. The van der Waals surface area contributed by atoms with E-state index in [9.17, 15) is 0 Å². The smallest absolute Gasteiger partial charge is 0.166 e. The zero-order chi connectivity index (χ0) is 16.4. The van der Waals surface area contributed by atoms with Gasteiger partial charge in [-0.2, -0.15) is 0 Å². The first kappa shape index (κ1) is 19.2. The summed E-state index contributed by atoms with van der Waals surface area (Å²) in [5, 5.41) is 0. The van der Waals surface area contributed by atoms with Crippen LogP contribution in [0, 0.1) is 11.8 Å². The van der Waals surface area contributed by atoms with Gasteiger partial charge in [-0.3, -0.25) is 0 Å². The van der Waals surface area contributed by atoms with Crippen LogP contribution in [0.5, 0.6) is 0 Å². The standard InChI is InChI=1S/C18H30O4/c1-6-19-16(4)22-17(14-15(2)3)10-8-7-9-11-18(5)20-12-13-21-18/h14,16-17H,6,9-13H2,1-5H3. The maximum atomic E-state index is 5.85. The van der Waals surface area contributed by atoms with E-state index in [2.05, 4.69) is 31.8 Å². The van der Waals surface area contributed by atoms with E-state index >= 15 is 0 Å². The van der Waals surface area contributed by atoms with E-state index in [1.165, 1.54) is 5.57 Å². The van der Waals surface area contributed by atoms with Gasteiger partial charge < -0.3 is 18.9 Å². The molecule has 1 fully saturated rings. The monoisotopic (exact) mass is 310 g/mol. The van der Waals surface area contributed by atoms with Crippen molar-refractivity contribution in [1.29, 1.82) is 0 Å². The summed E-state index contributed by atoms with van der Waals surface area (Å²) < 4.78 is 22.4. The molecule has 1 saturated heterocycles. The van der Waals surface area contributed by atoms with Crippen LogP contribution in [-0.2, 0) is 18.9 Å². The fraction of sp³-hybridized carbons (Fsp3) is 0.778. The molecule has 0 spiro atoms. The third kappa shape index (κ3) is 7.95. The first-order valence-corrected chi connectivity index (χ1v) is 8.11. The lowest BCUT2D eigenvalue weighted by molar-refractivity contribution is -0.145. The van der Waals surface area contributed by atoms with Crippen LogP contribution in [0.1, 0.15) is 53.9 Å². The molecule has 1 rings (SSSR count). The van der Waals surface area contributed by atoms with Gasteiger partial charge in [0.1, 0.15) is 0 Å². The van der Waals surface area contributed by atoms with Crippen LogP contribution in [0.2, 0.25) is 0 Å². The summed E-state index contributed by atoms with van der Waals surface area (Å²) in [5.74, 6) is 5.93. The fourth-order valence-electron chi connectivity index (χ4n) is 2.29. The SMILES string of the molecule is CCOC(C)OC(C=C(C)C)CC#CCCC1(C)OCCO1. The summed E-state index contributed by atoms with van der Waals surface area (Å²) in [5.41, 5.74) is 1.22. The van der Waals surface area contributed by atoms with Crippen LogP contribution in [-0.4, -0.2) is 38.0 Å². The summed E-state index contributed by atoms with van der Waals surface area (Å²) in [6, 6.07) is 0. The molecule has 0 aliphatic carbocycles. The Hall–Kier alpha value is -0.860. The minimum Gasteiger partial charge on any atom is -0.353 e. The average molecular weight is 310 g/mol. The molecule has 0 saturated carbocycles. The van der Waals surface area contributed by atoms with Crippen molar-refractivity contribution in [3.8, 4) is 11.8 Å². The van der Waals surface area contributed by atoms with Crippen LogP contribution in [0.25, 0.3) is 0 Å². The Kier molecular flexibility index (Phi) is 8.74. The van der Waals surface area contributed by atoms with Crippen molar-refractivity contribution in [2.45, 2.75) is 72.1 Å². The molecule has 1 aliphatic rings. The molecule has 2 atom stereocenters. The van der Waals surface area contributed by atoms with Gasteiger partial charge >= 0.3 is 0 Å². The van der Waals surface area contributed by atoms with E-state index in [1.54, 1.807) is 0 Å². The van der Waals surface area contributed by atoms with Gasteiger partial charge in [0, 0.05) is 25.9 Å². The maximum Gasteiger partial charge on any atom is 0.166 e. The van der Waals surface area contributed by atoms with E-state index in [0.29, 0.717) is 26.2 Å². The second kappa shape index (κ2) is 10.0. The predicted octanol–water partition coefficient (Wildman–Crippen LogP) is 3.66. The molecule has 1 aliphatic heterocycles. The van der Waals surface area contributed by atoms with Crippen molar-refractivity contribution in [2.75, 3.05) is 19.8 Å². The summed E-state index contributed by atoms with van der Waals surface area (Å²) in [4.78, 5) is 0. The Bertz CT molecular complexity index is 395. The first-order chi connectivity index (χ1) is 10.4. The largest absolute Gasteiger partial charge is 0.353 e. The van der Waals surface area contributed by atoms with Gasteiger partial charge in [0.2, 0.25) is 0 Å². The van der Waals surface area contributed by atoms with E-state index in [1.807, 2.05) is 20.8 Å². The molecule has 22 heavy (non-hydrogen) atoms. The highest BCUT2D eigenvalue weighted by Gasteiger charge is 2.29. The molecule has 126 valence electrons. The fourth-order valence-corrected chi connectivity index (χ4v) is 2.29. The lowest BCUT2D eigenvalue weighted by Gasteiger charge is -2.20. The van der Waals surface area contributed by atoms with Crippen molar-refractivity contribution >= 4 is 0 Å². The highest BCUT2D eigenvalue weighted by Crippen LogP contribution is 2.23. The van der Waals surface area contributed by atoms with Crippen LogP contribution in [0.4, 0.5) is 0 Å². The first-order valence-electron chi connectivity index (χ1n) is 8.11. The van der Waals surface area contributed by atoms with Crippen LogP contribution in [0.15, 0.2) is 11.6 Å². The van der Waals surface area contributed by atoms with E-state index in [-0.39, 0.29) is 12.4 Å². The molecule has 4 heteroatoms. The number of hydrogen-bond acceptors (Lipinski definition) is 4. The zero-order valence-electron chi connectivity index (χ0n) is 14.6. The third-order valence-electron chi connectivity index (χ3n) is 3.32. The average Bonchev–Trinajstić information content (AvgIpc) is 2.85. The quantitative estimate of drug-likeness (QED) is 0.389. The van der Waals surface area contributed by atoms with Crippen molar-refractivity contribution in [3.63, 3.8) is 0 Å². The minimum absolute atomic E-state index is 0.0337. The Morgan fingerprint density at radius 1 is 1.27 bits per heavy atom. The Morgan fingerprint density at radius 2 is 1.95 bits per heavy atom. The second-order valence-electron chi connectivity index (χ2n) is 5.83. The van der Waals surface area contributed by atoms with Crippen LogP contribution >= 0.6 is 0 Å². The van der Waals surface area contributed by atoms with Gasteiger partial charge in [-0.25, -0.2) is 0 Å². The second-order valence-corrected chi connectivity index (χ2v) is 5.83. The lowest BCUT2D eigenvalue weighted by atomic mass is 10.1.